The number of benzene rings is 1. The lowest BCUT2D eigenvalue weighted by Gasteiger charge is -2.17. The van der Waals surface area contributed by atoms with Crippen LogP contribution in [0.5, 0.6) is 0 Å². The van der Waals surface area contributed by atoms with E-state index in [4.69, 9.17) is 5.26 Å². The van der Waals surface area contributed by atoms with E-state index in [1.807, 2.05) is 19.2 Å². The predicted octanol–water partition coefficient (Wildman–Crippen LogP) is 3.52. The van der Waals surface area contributed by atoms with Crippen LogP contribution in [-0.2, 0) is 17.8 Å². The van der Waals surface area contributed by atoms with Crippen LogP contribution in [0.15, 0.2) is 35.7 Å². The van der Waals surface area contributed by atoms with Crippen molar-refractivity contribution in [2.24, 2.45) is 0 Å². The summed E-state index contributed by atoms with van der Waals surface area (Å²) in [4.78, 5) is 15.2. The van der Waals surface area contributed by atoms with Crippen molar-refractivity contribution >= 4 is 17.2 Å². The first-order valence-corrected chi connectivity index (χ1v) is 7.74. The second kappa shape index (κ2) is 7.05. The van der Waals surface area contributed by atoms with Crippen LogP contribution in [0, 0.1) is 18.3 Å². The van der Waals surface area contributed by atoms with Crippen molar-refractivity contribution in [3.8, 4) is 6.07 Å². The van der Waals surface area contributed by atoms with E-state index in [2.05, 4.69) is 24.4 Å². The molecule has 0 aliphatic carbocycles. The van der Waals surface area contributed by atoms with Crippen LogP contribution in [-0.4, -0.2) is 17.9 Å². The minimum Gasteiger partial charge on any atom is -0.341 e. The Hall–Kier alpha value is -2.12. The number of amides is 1. The zero-order valence-electron chi connectivity index (χ0n) is 12.3. The van der Waals surface area contributed by atoms with Crippen LogP contribution in [0.1, 0.15) is 28.0 Å². The summed E-state index contributed by atoms with van der Waals surface area (Å²) in [7, 11) is 1.85. The second-order valence-electron chi connectivity index (χ2n) is 5.09. The van der Waals surface area contributed by atoms with Crippen LogP contribution in [0.3, 0.4) is 0 Å². The molecule has 0 radical (unpaired) electrons. The van der Waals surface area contributed by atoms with Gasteiger partial charge in [-0.25, -0.2) is 0 Å². The number of nitriles is 1. The molecule has 108 valence electrons. The monoisotopic (exact) mass is 298 g/mol. The van der Waals surface area contributed by atoms with Gasteiger partial charge in [-0.1, -0.05) is 12.1 Å². The summed E-state index contributed by atoms with van der Waals surface area (Å²) < 4.78 is 0. The number of nitrogens with zero attached hydrogens (tertiary/aromatic N) is 2. The highest BCUT2D eigenvalue weighted by atomic mass is 32.1. The highest BCUT2D eigenvalue weighted by Gasteiger charge is 2.11. The summed E-state index contributed by atoms with van der Waals surface area (Å²) in [6.45, 7) is 2.75. The summed E-state index contributed by atoms with van der Waals surface area (Å²) in [5, 5.41) is 10.8. The molecule has 2 rings (SSSR count). The Kier molecular flexibility index (Phi) is 5.13. The molecule has 0 spiro atoms. The van der Waals surface area contributed by atoms with Gasteiger partial charge in [0, 0.05) is 18.3 Å². The largest absolute Gasteiger partial charge is 0.341 e. The quantitative estimate of drug-likeness (QED) is 0.847. The molecular formula is C17H18N2OS. The molecule has 0 unspecified atom stereocenters. The molecule has 1 heterocycles. The van der Waals surface area contributed by atoms with E-state index in [-0.39, 0.29) is 5.91 Å². The number of hydrogen-bond acceptors (Lipinski definition) is 3. The maximum atomic E-state index is 12.2. The molecule has 3 nitrogen and oxygen atoms in total. The van der Waals surface area contributed by atoms with Crippen LogP contribution < -0.4 is 0 Å². The van der Waals surface area contributed by atoms with Gasteiger partial charge in [-0.05, 0) is 48.1 Å². The Balaban J connectivity index is 1.86. The molecule has 0 aliphatic heterocycles. The van der Waals surface area contributed by atoms with E-state index in [9.17, 15) is 4.79 Å². The lowest BCUT2D eigenvalue weighted by Crippen LogP contribution is -2.26. The van der Waals surface area contributed by atoms with E-state index >= 15 is 0 Å². The molecule has 0 N–H and O–H groups in total. The minimum absolute atomic E-state index is 0.146. The maximum absolute atomic E-state index is 12.2. The molecule has 4 heteroatoms. The van der Waals surface area contributed by atoms with Gasteiger partial charge in [0.2, 0.25) is 5.91 Å². The van der Waals surface area contributed by atoms with E-state index in [1.165, 1.54) is 10.4 Å². The number of carbonyl (C=O) groups is 1. The minimum atomic E-state index is 0.146. The molecular weight excluding hydrogens is 280 g/mol. The smallest absolute Gasteiger partial charge is 0.222 e. The summed E-state index contributed by atoms with van der Waals surface area (Å²) in [6.07, 6.45) is 1.20. The van der Waals surface area contributed by atoms with Crippen LogP contribution in [0.2, 0.25) is 0 Å². The zero-order chi connectivity index (χ0) is 15.2. The molecule has 0 atom stereocenters. The standard InChI is InChI=1S/C17H18N2OS/c1-13-9-10-21-16(13)12-19(2)17(20)8-7-14-3-5-15(11-18)6-4-14/h3-6,9-10H,7-8,12H2,1-2H3. The molecule has 0 bridgehead atoms. The Morgan fingerprint density at radius 3 is 2.57 bits per heavy atom. The highest BCUT2D eigenvalue weighted by molar-refractivity contribution is 7.10. The predicted molar refractivity (Wildman–Crippen MR) is 85.0 cm³/mol. The number of carbonyl (C=O) groups excluding carboxylic acids is 1. The normalized spacial score (nSPS) is 10.1. The fraction of sp³-hybridized carbons (Fsp3) is 0.294. The molecule has 2 aromatic rings. The van der Waals surface area contributed by atoms with Crippen molar-refractivity contribution < 1.29 is 4.79 Å². The first-order valence-electron chi connectivity index (χ1n) is 6.86. The second-order valence-corrected chi connectivity index (χ2v) is 6.09. The van der Waals surface area contributed by atoms with Crippen molar-refractivity contribution in [2.75, 3.05) is 7.05 Å². The van der Waals surface area contributed by atoms with Gasteiger partial charge in [0.15, 0.2) is 0 Å². The fourth-order valence-electron chi connectivity index (χ4n) is 2.06. The summed E-state index contributed by atoms with van der Waals surface area (Å²) >= 11 is 1.69. The van der Waals surface area contributed by atoms with Crippen LogP contribution in [0.4, 0.5) is 0 Å². The Morgan fingerprint density at radius 2 is 2.00 bits per heavy atom. The average molecular weight is 298 g/mol. The molecule has 0 aliphatic rings. The van der Waals surface area contributed by atoms with Gasteiger partial charge in [-0.3, -0.25) is 4.79 Å². The lowest BCUT2D eigenvalue weighted by atomic mass is 10.1. The first-order chi connectivity index (χ1) is 10.1. The van der Waals surface area contributed by atoms with Gasteiger partial charge >= 0.3 is 0 Å². The summed E-state index contributed by atoms with van der Waals surface area (Å²) in [5.41, 5.74) is 2.98. The third-order valence-electron chi connectivity index (χ3n) is 3.49. The third-order valence-corrected chi connectivity index (χ3v) is 4.49. The third kappa shape index (κ3) is 4.17. The lowest BCUT2D eigenvalue weighted by molar-refractivity contribution is -0.130. The van der Waals surface area contributed by atoms with Crippen molar-refractivity contribution in [3.05, 3.63) is 57.3 Å². The van der Waals surface area contributed by atoms with Crippen LogP contribution >= 0.6 is 11.3 Å². The van der Waals surface area contributed by atoms with Gasteiger partial charge in [-0.15, -0.1) is 11.3 Å². The number of thiophene rings is 1. The SMILES string of the molecule is Cc1ccsc1CN(C)C(=O)CCc1ccc(C#N)cc1. The molecule has 21 heavy (non-hydrogen) atoms. The van der Waals surface area contributed by atoms with Crippen LogP contribution in [0.25, 0.3) is 0 Å². The van der Waals surface area contributed by atoms with Gasteiger partial charge in [-0.2, -0.15) is 5.26 Å². The van der Waals surface area contributed by atoms with E-state index in [1.54, 1.807) is 28.4 Å². The summed E-state index contributed by atoms with van der Waals surface area (Å²) in [6, 6.07) is 11.6. The van der Waals surface area contributed by atoms with Crippen molar-refractivity contribution in [3.63, 3.8) is 0 Å². The molecule has 0 saturated carbocycles. The average Bonchev–Trinajstić information content (AvgIpc) is 2.90. The van der Waals surface area contributed by atoms with Crippen molar-refractivity contribution in [1.82, 2.24) is 4.90 Å². The van der Waals surface area contributed by atoms with Gasteiger partial charge in [0.05, 0.1) is 18.2 Å². The Labute approximate surface area is 129 Å². The molecule has 1 aromatic heterocycles. The zero-order valence-corrected chi connectivity index (χ0v) is 13.1. The number of rotatable bonds is 5. The molecule has 0 saturated heterocycles. The molecule has 1 amide bonds. The van der Waals surface area contributed by atoms with E-state index < -0.39 is 0 Å². The first kappa shape index (κ1) is 15.3. The number of hydrogen-bond donors (Lipinski definition) is 0. The summed E-state index contributed by atoms with van der Waals surface area (Å²) in [5.74, 6) is 0.146. The number of aryl methyl sites for hydroxylation is 2. The van der Waals surface area contributed by atoms with Crippen molar-refractivity contribution in [2.45, 2.75) is 26.3 Å². The molecule has 0 fully saturated rings. The van der Waals surface area contributed by atoms with Gasteiger partial charge < -0.3 is 4.90 Å². The van der Waals surface area contributed by atoms with E-state index in [0.717, 1.165) is 5.56 Å². The topological polar surface area (TPSA) is 44.1 Å². The fourth-order valence-corrected chi connectivity index (χ4v) is 3.02. The van der Waals surface area contributed by atoms with Gasteiger partial charge in [0.1, 0.15) is 0 Å². The Morgan fingerprint density at radius 1 is 1.29 bits per heavy atom. The Bertz CT molecular complexity index is 652. The molecule has 1 aromatic carbocycles. The van der Waals surface area contributed by atoms with Gasteiger partial charge in [0.25, 0.3) is 0 Å². The highest BCUT2D eigenvalue weighted by Crippen LogP contribution is 2.17. The maximum Gasteiger partial charge on any atom is 0.222 e. The van der Waals surface area contributed by atoms with Crippen molar-refractivity contribution in [1.29, 1.82) is 5.26 Å². The van der Waals surface area contributed by atoms with E-state index in [0.29, 0.717) is 24.9 Å².